The molecule has 0 saturated heterocycles. The van der Waals surface area contributed by atoms with E-state index in [1.54, 1.807) is 18.3 Å². The van der Waals surface area contributed by atoms with Crippen molar-refractivity contribution in [1.82, 2.24) is 15.0 Å². The number of ether oxygens (including phenoxy) is 3. The Kier molecular flexibility index (Phi) is 5.93. The number of rotatable bonds is 7. The zero-order valence-corrected chi connectivity index (χ0v) is 13.3. The van der Waals surface area contributed by atoms with Gasteiger partial charge in [0.2, 0.25) is 5.88 Å². The van der Waals surface area contributed by atoms with E-state index in [1.807, 2.05) is 0 Å². The molecule has 0 aliphatic rings. The molecule has 122 valence electrons. The van der Waals surface area contributed by atoms with Crippen LogP contribution < -0.4 is 14.8 Å². The smallest absolute Gasteiger partial charge is 0.360 e. The molecule has 2 rings (SSSR count). The molecular formula is C14H15ClN4O4. The number of nitrogens with zero attached hydrogens (tertiary/aromatic N) is 3. The first-order valence-electron chi connectivity index (χ1n) is 6.61. The van der Waals surface area contributed by atoms with Gasteiger partial charge in [0.15, 0.2) is 17.3 Å². The fraction of sp³-hybridized carbons (Fsp3) is 0.286. The molecule has 0 aliphatic carbocycles. The van der Waals surface area contributed by atoms with E-state index in [9.17, 15) is 4.79 Å². The van der Waals surface area contributed by atoms with Crippen molar-refractivity contribution in [2.24, 2.45) is 0 Å². The van der Waals surface area contributed by atoms with Crippen molar-refractivity contribution < 1.29 is 19.0 Å². The van der Waals surface area contributed by atoms with Gasteiger partial charge in [-0.2, -0.15) is 0 Å². The number of esters is 1. The molecule has 8 nitrogen and oxygen atoms in total. The Morgan fingerprint density at radius 2 is 2.13 bits per heavy atom. The largest absolute Gasteiger partial charge is 0.491 e. The molecule has 2 aromatic heterocycles. The van der Waals surface area contributed by atoms with Crippen LogP contribution in [0.5, 0.6) is 11.6 Å². The van der Waals surface area contributed by atoms with Crippen molar-refractivity contribution in [3.05, 3.63) is 35.4 Å². The first-order valence-corrected chi connectivity index (χ1v) is 6.99. The normalized spacial score (nSPS) is 10.0. The lowest BCUT2D eigenvalue weighted by atomic mass is 10.3. The van der Waals surface area contributed by atoms with Gasteiger partial charge in [0, 0.05) is 6.20 Å². The van der Waals surface area contributed by atoms with E-state index in [-0.39, 0.29) is 18.1 Å². The Bertz CT molecular complexity index is 684. The van der Waals surface area contributed by atoms with Crippen LogP contribution in [0.25, 0.3) is 0 Å². The third kappa shape index (κ3) is 4.19. The second kappa shape index (κ2) is 8.14. The predicted molar refractivity (Wildman–Crippen MR) is 83.2 cm³/mol. The lowest BCUT2D eigenvalue weighted by Gasteiger charge is -2.12. The van der Waals surface area contributed by atoms with E-state index < -0.39 is 5.97 Å². The Labute approximate surface area is 137 Å². The SMILES string of the molecule is COC(=O)c1ncnc(NCCOc2ncccc2Cl)c1OC. The van der Waals surface area contributed by atoms with Crippen LogP contribution in [0.3, 0.4) is 0 Å². The Hall–Kier alpha value is -2.61. The van der Waals surface area contributed by atoms with E-state index in [2.05, 4.69) is 25.0 Å². The zero-order chi connectivity index (χ0) is 16.7. The van der Waals surface area contributed by atoms with Gasteiger partial charge >= 0.3 is 5.97 Å². The third-order valence-electron chi connectivity index (χ3n) is 2.74. The summed E-state index contributed by atoms with van der Waals surface area (Å²) in [6.07, 6.45) is 2.83. The fourth-order valence-corrected chi connectivity index (χ4v) is 1.91. The predicted octanol–water partition coefficient (Wildman–Crippen LogP) is 1.81. The average molecular weight is 339 g/mol. The van der Waals surface area contributed by atoms with Crippen molar-refractivity contribution in [3.8, 4) is 11.6 Å². The summed E-state index contributed by atoms with van der Waals surface area (Å²) in [7, 11) is 2.68. The van der Waals surface area contributed by atoms with E-state index in [4.69, 9.17) is 21.1 Å². The molecule has 0 fully saturated rings. The van der Waals surface area contributed by atoms with Crippen molar-refractivity contribution in [3.63, 3.8) is 0 Å². The molecule has 0 aliphatic heterocycles. The summed E-state index contributed by atoms with van der Waals surface area (Å²) in [5.41, 5.74) is 0.0428. The Balaban J connectivity index is 1.98. The van der Waals surface area contributed by atoms with Crippen LogP contribution in [0, 0.1) is 0 Å². The molecule has 2 heterocycles. The highest BCUT2D eigenvalue weighted by atomic mass is 35.5. The van der Waals surface area contributed by atoms with Crippen molar-refractivity contribution >= 4 is 23.4 Å². The van der Waals surface area contributed by atoms with Gasteiger partial charge < -0.3 is 19.5 Å². The number of aromatic nitrogens is 3. The van der Waals surface area contributed by atoms with Gasteiger partial charge in [0.05, 0.1) is 20.8 Å². The molecule has 23 heavy (non-hydrogen) atoms. The Morgan fingerprint density at radius 1 is 1.30 bits per heavy atom. The molecule has 1 N–H and O–H groups in total. The highest BCUT2D eigenvalue weighted by Crippen LogP contribution is 2.25. The highest BCUT2D eigenvalue weighted by molar-refractivity contribution is 6.31. The first kappa shape index (κ1) is 16.8. The number of carbonyl (C=O) groups excluding carboxylic acids is 1. The molecule has 0 radical (unpaired) electrons. The lowest BCUT2D eigenvalue weighted by molar-refractivity contribution is 0.0590. The monoisotopic (exact) mass is 338 g/mol. The summed E-state index contributed by atoms with van der Waals surface area (Å²) >= 11 is 5.94. The van der Waals surface area contributed by atoms with Crippen molar-refractivity contribution in [2.75, 3.05) is 32.7 Å². The maximum atomic E-state index is 11.6. The minimum atomic E-state index is -0.608. The number of pyridine rings is 1. The van der Waals surface area contributed by atoms with Gasteiger partial charge in [-0.1, -0.05) is 11.6 Å². The molecule has 0 spiro atoms. The molecule has 0 amide bonds. The van der Waals surface area contributed by atoms with Gasteiger partial charge in [-0.15, -0.1) is 0 Å². The van der Waals surface area contributed by atoms with Gasteiger partial charge in [-0.05, 0) is 12.1 Å². The summed E-state index contributed by atoms with van der Waals surface area (Å²) in [6, 6.07) is 3.40. The quantitative estimate of drug-likeness (QED) is 0.603. The van der Waals surface area contributed by atoms with Gasteiger partial charge in [-0.25, -0.2) is 19.7 Å². The van der Waals surface area contributed by atoms with Crippen molar-refractivity contribution in [1.29, 1.82) is 0 Å². The number of methoxy groups -OCH3 is 2. The molecule has 0 atom stereocenters. The van der Waals surface area contributed by atoms with Gasteiger partial charge in [0.25, 0.3) is 0 Å². The molecule has 0 bridgehead atoms. The Morgan fingerprint density at radius 3 is 2.83 bits per heavy atom. The number of hydrogen-bond acceptors (Lipinski definition) is 8. The van der Waals surface area contributed by atoms with E-state index in [1.165, 1.54) is 20.5 Å². The molecule has 0 aromatic carbocycles. The van der Waals surface area contributed by atoms with Gasteiger partial charge in [0.1, 0.15) is 18.0 Å². The van der Waals surface area contributed by atoms with E-state index in [0.29, 0.717) is 23.3 Å². The number of anilines is 1. The third-order valence-corrected chi connectivity index (χ3v) is 3.03. The second-order valence-corrected chi connectivity index (χ2v) is 4.57. The zero-order valence-electron chi connectivity index (χ0n) is 12.6. The molecule has 2 aromatic rings. The van der Waals surface area contributed by atoms with Crippen LogP contribution >= 0.6 is 11.6 Å². The second-order valence-electron chi connectivity index (χ2n) is 4.16. The maximum absolute atomic E-state index is 11.6. The number of nitrogens with one attached hydrogen (secondary N) is 1. The lowest BCUT2D eigenvalue weighted by Crippen LogP contribution is -2.16. The van der Waals surface area contributed by atoms with Crippen LogP contribution in [-0.4, -0.2) is 48.3 Å². The first-order chi connectivity index (χ1) is 11.2. The van der Waals surface area contributed by atoms with E-state index in [0.717, 1.165) is 0 Å². The van der Waals surface area contributed by atoms with Crippen LogP contribution in [0.15, 0.2) is 24.7 Å². The number of halogens is 1. The standard InChI is InChI=1S/C14H15ClN4O4/c1-21-11-10(14(20)22-2)18-8-19-12(11)16-6-7-23-13-9(15)4-3-5-17-13/h3-5,8H,6-7H2,1-2H3,(H,16,18,19). The van der Waals surface area contributed by atoms with Crippen LogP contribution in [0.1, 0.15) is 10.5 Å². The molecule has 9 heteroatoms. The minimum Gasteiger partial charge on any atom is -0.491 e. The topological polar surface area (TPSA) is 95.5 Å². The van der Waals surface area contributed by atoms with Crippen LogP contribution in [-0.2, 0) is 4.74 Å². The summed E-state index contributed by atoms with van der Waals surface area (Å²) in [5, 5.41) is 3.42. The number of carbonyl (C=O) groups is 1. The average Bonchev–Trinajstić information content (AvgIpc) is 2.59. The van der Waals surface area contributed by atoms with Crippen molar-refractivity contribution in [2.45, 2.75) is 0 Å². The molecule has 0 unspecified atom stereocenters. The van der Waals surface area contributed by atoms with Gasteiger partial charge in [-0.3, -0.25) is 0 Å². The maximum Gasteiger partial charge on any atom is 0.360 e. The van der Waals surface area contributed by atoms with E-state index >= 15 is 0 Å². The highest BCUT2D eigenvalue weighted by Gasteiger charge is 2.19. The summed E-state index contributed by atoms with van der Waals surface area (Å²) in [5.74, 6) is 0.304. The summed E-state index contributed by atoms with van der Waals surface area (Å²) in [4.78, 5) is 23.5. The van der Waals surface area contributed by atoms with Crippen LogP contribution in [0.4, 0.5) is 5.82 Å². The minimum absolute atomic E-state index is 0.0428. The molecule has 0 saturated carbocycles. The van der Waals surface area contributed by atoms with Crippen LogP contribution in [0.2, 0.25) is 5.02 Å². The molecular weight excluding hydrogens is 324 g/mol. The summed E-state index contributed by atoms with van der Waals surface area (Å²) in [6.45, 7) is 0.679. The number of hydrogen-bond donors (Lipinski definition) is 1. The fourth-order valence-electron chi connectivity index (χ4n) is 1.73. The summed E-state index contributed by atoms with van der Waals surface area (Å²) < 4.78 is 15.3.